The zero-order valence-electron chi connectivity index (χ0n) is 7.24. The normalized spacial score (nSPS) is 31.5. The summed E-state index contributed by atoms with van der Waals surface area (Å²) in [6.07, 6.45) is 15.6. The van der Waals surface area contributed by atoms with Crippen LogP contribution in [0.2, 0.25) is 0 Å². The highest BCUT2D eigenvalue weighted by Gasteiger charge is 2.26. The minimum absolute atomic E-state index is 0.752. The summed E-state index contributed by atoms with van der Waals surface area (Å²) < 4.78 is 0. The predicted octanol–water partition coefficient (Wildman–Crippen LogP) is 3.25. The Morgan fingerprint density at radius 1 is 1.50 bits per heavy atom. The van der Waals surface area contributed by atoms with Crippen LogP contribution in [0.5, 0.6) is 0 Å². The second-order valence-electron chi connectivity index (χ2n) is 3.50. The van der Waals surface area contributed by atoms with E-state index in [1.165, 1.54) is 6.42 Å². The van der Waals surface area contributed by atoms with Gasteiger partial charge in [-0.15, -0.1) is 0 Å². The van der Waals surface area contributed by atoms with E-state index in [0.717, 1.165) is 18.3 Å². The van der Waals surface area contributed by atoms with Gasteiger partial charge in [0.1, 0.15) is 0 Å². The maximum Gasteiger partial charge on any atom is -0.00112 e. The monoisotopic (exact) mass is 158 g/mol. The first-order valence-electron chi connectivity index (χ1n) is 4.56. The Morgan fingerprint density at radius 3 is 3.00 bits per heavy atom. The molecule has 2 bridgehead atoms. The minimum Gasteiger partial charge on any atom is -0.0991 e. The standard InChI is InChI=1S/C12H14/c1-2-3-4-5-11-8-10-6-7-12(11)9-10/h2-4,6-8,10,12H,1,5,9H2. The van der Waals surface area contributed by atoms with Gasteiger partial charge in [0.25, 0.3) is 0 Å². The zero-order chi connectivity index (χ0) is 8.39. The van der Waals surface area contributed by atoms with E-state index in [1.54, 1.807) is 5.57 Å². The van der Waals surface area contributed by atoms with Gasteiger partial charge in [-0.2, -0.15) is 0 Å². The second-order valence-corrected chi connectivity index (χ2v) is 3.50. The fraction of sp³-hybridized carbons (Fsp3) is 0.333. The molecule has 2 aliphatic carbocycles. The van der Waals surface area contributed by atoms with Crippen LogP contribution in [0.25, 0.3) is 0 Å². The van der Waals surface area contributed by atoms with E-state index < -0.39 is 0 Å². The SMILES string of the molecule is C=CC=CCC1=CC2C=CC1C2. The zero-order valence-corrected chi connectivity index (χ0v) is 7.24. The van der Waals surface area contributed by atoms with E-state index in [4.69, 9.17) is 0 Å². The molecule has 0 aliphatic heterocycles. The highest BCUT2D eigenvalue weighted by atomic mass is 14.3. The first-order valence-corrected chi connectivity index (χ1v) is 4.56. The molecular weight excluding hydrogens is 144 g/mol. The molecule has 0 aromatic rings. The van der Waals surface area contributed by atoms with Crippen molar-refractivity contribution in [3.05, 3.63) is 48.6 Å². The summed E-state index contributed by atoms with van der Waals surface area (Å²) in [5.74, 6) is 1.51. The summed E-state index contributed by atoms with van der Waals surface area (Å²) in [6, 6.07) is 0. The first-order chi connectivity index (χ1) is 5.90. The van der Waals surface area contributed by atoms with Crippen molar-refractivity contribution in [1.82, 2.24) is 0 Å². The maximum absolute atomic E-state index is 3.65. The van der Waals surface area contributed by atoms with Crippen molar-refractivity contribution < 1.29 is 0 Å². The van der Waals surface area contributed by atoms with Gasteiger partial charge in [-0.1, -0.05) is 48.6 Å². The molecule has 0 aromatic carbocycles. The van der Waals surface area contributed by atoms with Crippen LogP contribution in [0, 0.1) is 11.8 Å². The molecule has 12 heavy (non-hydrogen) atoms. The molecule has 0 amide bonds. The van der Waals surface area contributed by atoms with E-state index in [2.05, 4.69) is 30.9 Å². The molecule has 0 nitrogen and oxygen atoms in total. The van der Waals surface area contributed by atoms with Gasteiger partial charge in [-0.25, -0.2) is 0 Å². The Labute approximate surface area is 74.0 Å². The van der Waals surface area contributed by atoms with Gasteiger partial charge in [0.2, 0.25) is 0 Å². The van der Waals surface area contributed by atoms with Crippen molar-refractivity contribution in [2.24, 2.45) is 11.8 Å². The largest absolute Gasteiger partial charge is 0.0991 e. The molecule has 0 radical (unpaired) electrons. The highest BCUT2D eigenvalue weighted by Crippen LogP contribution is 2.39. The first kappa shape index (κ1) is 7.60. The average molecular weight is 158 g/mol. The molecule has 0 fully saturated rings. The van der Waals surface area contributed by atoms with E-state index >= 15 is 0 Å². The molecule has 2 rings (SSSR count). The van der Waals surface area contributed by atoms with Crippen LogP contribution in [0.4, 0.5) is 0 Å². The molecule has 0 saturated heterocycles. The van der Waals surface area contributed by atoms with Gasteiger partial charge >= 0.3 is 0 Å². The number of hydrogen-bond donors (Lipinski definition) is 0. The van der Waals surface area contributed by atoms with Crippen molar-refractivity contribution in [3.63, 3.8) is 0 Å². The van der Waals surface area contributed by atoms with E-state index in [-0.39, 0.29) is 0 Å². The van der Waals surface area contributed by atoms with Crippen LogP contribution in [-0.2, 0) is 0 Å². The Morgan fingerprint density at radius 2 is 2.42 bits per heavy atom. The maximum atomic E-state index is 3.65. The van der Waals surface area contributed by atoms with Gasteiger partial charge in [0.15, 0.2) is 0 Å². The molecule has 0 heteroatoms. The van der Waals surface area contributed by atoms with E-state index in [9.17, 15) is 0 Å². The summed E-state index contributed by atoms with van der Waals surface area (Å²) in [5.41, 5.74) is 1.60. The van der Waals surface area contributed by atoms with Crippen molar-refractivity contribution >= 4 is 0 Å². The van der Waals surface area contributed by atoms with Crippen LogP contribution in [0.3, 0.4) is 0 Å². The van der Waals surface area contributed by atoms with Gasteiger partial charge in [0.05, 0.1) is 0 Å². The molecular formula is C12H14. The average Bonchev–Trinajstić information content (AvgIpc) is 2.65. The molecule has 0 N–H and O–H groups in total. The fourth-order valence-electron chi connectivity index (χ4n) is 2.04. The Hall–Kier alpha value is -1.04. The van der Waals surface area contributed by atoms with Crippen molar-refractivity contribution in [3.8, 4) is 0 Å². The third-order valence-corrected chi connectivity index (χ3v) is 2.65. The molecule has 0 saturated carbocycles. The van der Waals surface area contributed by atoms with Crippen LogP contribution < -0.4 is 0 Å². The molecule has 0 aromatic heterocycles. The van der Waals surface area contributed by atoms with Crippen molar-refractivity contribution in [2.45, 2.75) is 12.8 Å². The Bertz CT molecular complexity index is 266. The van der Waals surface area contributed by atoms with Crippen LogP contribution in [0.1, 0.15) is 12.8 Å². The lowest BCUT2D eigenvalue weighted by Crippen LogP contribution is -1.91. The lowest BCUT2D eigenvalue weighted by Gasteiger charge is -2.05. The van der Waals surface area contributed by atoms with Crippen LogP contribution in [-0.4, -0.2) is 0 Å². The summed E-state index contributed by atoms with van der Waals surface area (Å²) in [6.45, 7) is 3.65. The third-order valence-electron chi connectivity index (χ3n) is 2.65. The molecule has 2 unspecified atom stereocenters. The molecule has 62 valence electrons. The molecule has 2 atom stereocenters. The Kier molecular flexibility index (Phi) is 1.99. The van der Waals surface area contributed by atoms with Gasteiger partial charge in [0, 0.05) is 0 Å². The minimum atomic E-state index is 0.752. The number of hydrogen-bond acceptors (Lipinski definition) is 0. The molecule has 0 heterocycles. The number of rotatable bonds is 3. The summed E-state index contributed by atoms with van der Waals surface area (Å²) in [4.78, 5) is 0. The van der Waals surface area contributed by atoms with E-state index in [1.807, 2.05) is 12.2 Å². The molecule has 0 spiro atoms. The van der Waals surface area contributed by atoms with E-state index in [0.29, 0.717) is 0 Å². The number of allylic oxidation sites excluding steroid dienone is 7. The van der Waals surface area contributed by atoms with Gasteiger partial charge < -0.3 is 0 Å². The predicted molar refractivity (Wildman–Crippen MR) is 52.8 cm³/mol. The Balaban J connectivity index is 1.95. The summed E-state index contributed by atoms with van der Waals surface area (Å²) in [7, 11) is 0. The van der Waals surface area contributed by atoms with Gasteiger partial charge in [-0.05, 0) is 24.7 Å². The molecule has 2 aliphatic rings. The summed E-state index contributed by atoms with van der Waals surface area (Å²) >= 11 is 0. The summed E-state index contributed by atoms with van der Waals surface area (Å²) in [5, 5.41) is 0. The van der Waals surface area contributed by atoms with Crippen molar-refractivity contribution in [2.75, 3.05) is 0 Å². The van der Waals surface area contributed by atoms with Crippen LogP contribution >= 0.6 is 0 Å². The topological polar surface area (TPSA) is 0 Å². The lowest BCUT2D eigenvalue weighted by atomic mass is 10.00. The van der Waals surface area contributed by atoms with Gasteiger partial charge in [-0.3, -0.25) is 0 Å². The third kappa shape index (κ3) is 1.29. The fourth-order valence-corrected chi connectivity index (χ4v) is 2.04. The number of fused-ring (bicyclic) bond motifs is 2. The lowest BCUT2D eigenvalue weighted by molar-refractivity contribution is 0.706. The van der Waals surface area contributed by atoms with Crippen molar-refractivity contribution in [1.29, 1.82) is 0 Å². The van der Waals surface area contributed by atoms with Crippen LogP contribution in [0.15, 0.2) is 48.6 Å². The second kappa shape index (κ2) is 3.14. The smallest absolute Gasteiger partial charge is 0.00112 e. The highest BCUT2D eigenvalue weighted by molar-refractivity contribution is 5.31. The quantitative estimate of drug-likeness (QED) is 0.437.